The predicted molar refractivity (Wildman–Crippen MR) is 155 cm³/mol. The first kappa shape index (κ1) is 32.1. The minimum absolute atomic E-state index is 0. The van der Waals surface area contributed by atoms with Crippen molar-refractivity contribution in [2.24, 2.45) is 0 Å². The van der Waals surface area contributed by atoms with E-state index in [4.69, 9.17) is 0 Å². The van der Waals surface area contributed by atoms with Gasteiger partial charge in [-0.1, -0.05) is 127 Å². The molecule has 3 aliphatic rings. The minimum Gasteiger partial charge on any atom is -0.875 e. The van der Waals surface area contributed by atoms with Crippen LogP contribution >= 0.6 is 0 Å². The van der Waals surface area contributed by atoms with Crippen molar-refractivity contribution < 1.29 is 55.7 Å². The average Bonchev–Trinajstić information content (AvgIpc) is 3.00. The van der Waals surface area contributed by atoms with E-state index in [0.29, 0.717) is 17.3 Å². The van der Waals surface area contributed by atoms with Crippen molar-refractivity contribution >= 4 is 16.7 Å². The maximum Gasteiger partial charge on any atom is 3.00 e. The Morgan fingerprint density at radius 3 is 0.775 bits per heavy atom. The minimum atomic E-state index is 0. The SMILES string of the molecule is [O-]C1=C(c2ccccc2)CCCC1.[O-]C1=C(c2ccccc2)CCCC1.[O-]C1=C(c2ccccc2)CCCC1.[Sm+3]. The quantitative estimate of drug-likeness (QED) is 0.302. The molecule has 3 nitrogen and oxygen atoms in total. The van der Waals surface area contributed by atoms with Crippen LogP contribution in [0.3, 0.4) is 0 Å². The Morgan fingerprint density at radius 1 is 0.325 bits per heavy atom. The van der Waals surface area contributed by atoms with Gasteiger partial charge in [-0.3, -0.25) is 0 Å². The van der Waals surface area contributed by atoms with Gasteiger partial charge in [0, 0.05) is 0 Å². The molecule has 207 valence electrons. The summed E-state index contributed by atoms with van der Waals surface area (Å²) in [6.07, 6.45) is 11.8. The van der Waals surface area contributed by atoms with Gasteiger partial charge in [0.15, 0.2) is 0 Å². The first-order valence-electron chi connectivity index (χ1n) is 14.5. The van der Waals surface area contributed by atoms with Crippen LogP contribution in [-0.2, 0) is 0 Å². The van der Waals surface area contributed by atoms with Gasteiger partial charge in [-0.2, -0.15) is 0 Å². The van der Waals surface area contributed by atoms with Crippen LogP contribution in [-0.4, -0.2) is 0 Å². The van der Waals surface area contributed by atoms with Crippen LogP contribution in [0.1, 0.15) is 93.7 Å². The van der Waals surface area contributed by atoms with Crippen molar-refractivity contribution in [1.29, 1.82) is 0 Å². The van der Waals surface area contributed by atoms with Crippen molar-refractivity contribution in [2.75, 3.05) is 0 Å². The van der Waals surface area contributed by atoms with Gasteiger partial charge >= 0.3 is 40.4 Å². The van der Waals surface area contributed by atoms with E-state index < -0.39 is 0 Å². The molecule has 3 aliphatic carbocycles. The van der Waals surface area contributed by atoms with Crippen molar-refractivity contribution in [2.45, 2.75) is 77.0 Å². The second-order valence-electron chi connectivity index (χ2n) is 10.4. The molecule has 0 fully saturated rings. The summed E-state index contributed by atoms with van der Waals surface area (Å²) in [4.78, 5) is 0. The van der Waals surface area contributed by atoms with Crippen LogP contribution < -0.4 is 15.3 Å². The molecule has 0 bridgehead atoms. The number of benzene rings is 3. The van der Waals surface area contributed by atoms with E-state index >= 15 is 0 Å². The van der Waals surface area contributed by atoms with E-state index in [2.05, 4.69) is 0 Å². The second kappa shape index (κ2) is 17.4. The molecule has 0 N–H and O–H groups in total. The first-order valence-corrected chi connectivity index (χ1v) is 14.5. The van der Waals surface area contributed by atoms with Crippen LogP contribution in [0.2, 0.25) is 0 Å². The predicted octanol–water partition coefficient (Wildman–Crippen LogP) is 7.00. The molecule has 6 rings (SSSR count). The summed E-state index contributed by atoms with van der Waals surface area (Å²) in [5.41, 5.74) is 6.46. The van der Waals surface area contributed by atoms with Crippen LogP contribution in [0.25, 0.3) is 16.7 Å². The zero-order chi connectivity index (χ0) is 27.3. The summed E-state index contributed by atoms with van der Waals surface area (Å²) in [6, 6.07) is 30.1. The molecule has 1 radical (unpaired) electrons. The maximum atomic E-state index is 11.6. The molecule has 0 atom stereocenters. The Morgan fingerprint density at radius 2 is 0.550 bits per heavy atom. The molecule has 0 unspecified atom stereocenters. The fraction of sp³-hybridized carbons (Fsp3) is 0.333. The van der Waals surface area contributed by atoms with Gasteiger partial charge in [0.05, 0.1) is 0 Å². The van der Waals surface area contributed by atoms with Crippen LogP contribution in [0.4, 0.5) is 0 Å². The summed E-state index contributed by atoms with van der Waals surface area (Å²) < 4.78 is 0. The third-order valence-corrected chi connectivity index (χ3v) is 7.62. The van der Waals surface area contributed by atoms with Gasteiger partial charge in [-0.25, -0.2) is 0 Å². The molecular weight excluding hydrogens is 631 g/mol. The molecular formula is C36H39O3Sm. The third kappa shape index (κ3) is 9.62. The van der Waals surface area contributed by atoms with Crippen molar-refractivity contribution in [3.05, 3.63) is 125 Å². The van der Waals surface area contributed by atoms with E-state index in [1.165, 1.54) is 0 Å². The van der Waals surface area contributed by atoms with Crippen molar-refractivity contribution in [3.63, 3.8) is 0 Å². The summed E-state index contributed by atoms with van der Waals surface area (Å²) >= 11 is 0. The van der Waals surface area contributed by atoms with Crippen molar-refractivity contribution in [1.82, 2.24) is 0 Å². The maximum absolute atomic E-state index is 11.6. The fourth-order valence-corrected chi connectivity index (χ4v) is 5.47. The van der Waals surface area contributed by atoms with Crippen molar-refractivity contribution in [3.8, 4) is 0 Å². The Hall–Kier alpha value is -2.38. The summed E-state index contributed by atoms with van der Waals surface area (Å²) in [6.45, 7) is 0. The third-order valence-electron chi connectivity index (χ3n) is 7.62. The van der Waals surface area contributed by atoms with Crippen LogP contribution in [0.5, 0.6) is 0 Å². The van der Waals surface area contributed by atoms with Gasteiger partial charge in [0.1, 0.15) is 0 Å². The van der Waals surface area contributed by atoms with Gasteiger partial charge in [-0.15, -0.1) is 17.3 Å². The normalized spacial score (nSPS) is 17.1. The summed E-state index contributed by atoms with van der Waals surface area (Å²) in [5, 5.41) is 34.7. The smallest absolute Gasteiger partial charge is 0.875 e. The molecule has 4 heteroatoms. The molecule has 0 saturated carbocycles. The monoisotopic (exact) mass is 671 g/mol. The topological polar surface area (TPSA) is 69.2 Å². The van der Waals surface area contributed by atoms with E-state index in [1.54, 1.807) is 0 Å². The van der Waals surface area contributed by atoms with E-state index in [1.807, 2.05) is 91.0 Å². The molecule has 0 heterocycles. The van der Waals surface area contributed by atoms with Crippen LogP contribution in [0.15, 0.2) is 108 Å². The molecule has 3 aromatic rings. The molecule has 40 heavy (non-hydrogen) atoms. The first-order chi connectivity index (χ1) is 19.1. The molecule has 0 amide bonds. The number of rotatable bonds is 3. The Bertz CT molecular complexity index is 1100. The van der Waals surface area contributed by atoms with E-state index in [9.17, 15) is 15.3 Å². The Kier molecular flexibility index (Phi) is 14.0. The number of hydrogen-bond acceptors (Lipinski definition) is 3. The zero-order valence-electron chi connectivity index (χ0n) is 23.3. The molecule has 0 saturated heterocycles. The number of allylic oxidation sites excluding steroid dienone is 6. The molecule has 0 spiro atoms. The largest absolute Gasteiger partial charge is 3.00 e. The average molecular weight is 670 g/mol. The zero-order valence-corrected chi connectivity index (χ0v) is 25.9. The molecule has 3 aromatic carbocycles. The van der Waals surface area contributed by atoms with Gasteiger partial charge in [-0.05, 0) is 74.5 Å². The second-order valence-corrected chi connectivity index (χ2v) is 10.4. The van der Waals surface area contributed by atoms with E-state index in [-0.39, 0.29) is 40.4 Å². The standard InChI is InChI=1S/3C12H14O.Sm/c3*13-12-9-5-4-8-11(12)10-6-2-1-3-7-10;/h3*1-3,6-7,13H,4-5,8-9H2;/q;;;+3/p-3. The fourth-order valence-electron chi connectivity index (χ4n) is 5.47. The van der Waals surface area contributed by atoms with Gasteiger partial charge in [0.2, 0.25) is 0 Å². The van der Waals surface area contributed by atoms with Crippen LogP contribution in [0, 0.1) is 40.4 Å². The summed E-state index contributed by atoms with van der Waals surface area (Å²) in [7, 11) is 0. The molecule has 0 aromatic heterocycles. The van der Waals surface area contributed by atoms with Gasteiger partial charge < -0.3 is 15.3 Å². The van der Waals surface area contributed by atoms with E-state index in [0.717, 1.165) is 110 Å². The summed E-state index contributed by atoms with van der Waals surface area (Å²) in [5.74, 6) is 1.03. The molecule has 0 aliphatic heterocycles. The van der Waals surface area contributed by atoms with Gasteiger partial charge in [0.25, 0.3) is 0 Å². The number of hydrogen-bond donors (Lipinski definition) is 0. The Balaban J connectivity index is 0.000000163. The Labute approximate surface area is 272 Å².